The van der Waals surface area contributed by atoms with Gasteiger partial charge in [0.2, 0.25) is 5.78 Å². The Morgan fingerprint density at radius 2 is 2.14 bits per heavy atom. The molecular weight excluding hydrogens is 292 g/mol. The van der Waals surface area contributed by atoms with E-state index in [0.717, 1.165) is 40.5 Å². The van der Waals surface area contributed by atoms with Crippen LogP contribution in [-0.4, -0.2) is 15.3 Å². The van der Waals surface area contributed by atoms with Crippen LogP contribution in [0, 0.1) is 0 Å². The Labute approximate surface area is 132 Å². The number of H-pyrrole nitrogens is 1. The topological polar surface area (TPSA) is 37.8 Å². The third kappa shape index (κ3) is 1.91. The van der Waals surface area contributed by atoms with E-state index in [4.69, 9.17) is 0 Å². The Kier molecular flexibility index (Phi) is 3.12. The van der Waals surface area contributed by atoms with Crippen molar-refractivity contribution < 1.29 is 4.79 Å². The first kappa shape index (κ1) is 13.3. The minimum Gasteiger partial charge on any atom is -0.360 e. The van der Waals surface area contributed by atoms with Crippen molar-refractivity contribution in [2.24, 2.45) is 0 Å². The number of aromatic amines is 1. The van der Waals surface area contributed by atoms with E-state index in [1.54, 1.807) is 11.3 Å². The summed E-state index contributed by atoms with van der Waals surface area (Å²) in [6, 6.07) is 12.0. The second-order valence-corrected chi connectivity index (χ2v) is 6.33. The number of carbonyl (C=O) groups is 1. The zero-order valence-corrected chi connectivity index (χ0v) is 13.1. The molecule has 3 heterocycles. The molecule has 110 valence electrons. The van der Waals surface area contributed by atoms with Gasteiger partial charge in [0.15, 0.2) is 0 Å². The maximum Gasteiger partial charge on any atom is 0.211 e. The number of ketones is 1. The highest BCUT2D eigenvalue weighted by Gasteiger charge is 2.20. The van der Waals surface area contributed by atoms with Crippen LogP contribution in [0.25, 0.3) is 21.1 Å². The molecule has 22 heavy (non-hydrogen) atoms. The van der Waals surface area contributed by atoms with Crippen molar-refractivity contribution >= 4 is 38.2 Å². The van der Waals surface area contributed by atoms with Crippen LogP contribution in [-0.2, 0) is 6.54 Å². The van der Waals surface area contributed by atoms with Gasteiger partial charge in [-0.05, 0) is 30.0 Å². The largest absolute Gasteiger partial charge is 0.360 e. The monoisotopic (exact) mass is 308 g/mol. The van der Waals surface area contributed by atoms with Gasteiger partial charge >= 0.3 is 0 Å². The molecule has 1 aromatic carbocycles. The fraction of sp³-hybridized carbons (Fsp3) is 0.167. The van der Waals surface area contributed by atoms with Gasteiger partial charge in [-0.1, -0.05) is 25.1 Å². The van der Waals surface area contributed by atoms with Crippen molar-refractivity contribution in [2.45, 2.75) is 19.9 Å². The predicted molar refractivity (Wildman–Crippen MR) is 91.8 cm³/mol. The van der Waals surface area contributed by atoms with Gasteiger partial charge in [-0.25, -0.2) is 0 Å². The molecule has 0 atom stereocenters. The molecule has 0 radical (unpaired) electrons. The summed E-state index contributed by atoms with van der Waals surface area (Å²) in [6.07, 6.45) is 2.83. The van der Waals surface area contributed by atoms with E-state index in [0.29, 0.717) is 0 Å². The van der Waals surface area contributed by atoms with Crippen molar-refractivity contribution in [1.82, 2.24) is 9.55 Å². The van der Waals surface area contributed by atoms with Crippen LogP contribution in [0.3, 0.4) is 0 Å². The molecule has 0 aliphatic heterocycles. The first-order valence-corrected chi connectivity index (χ1v) is 8.35. The number of carbonyl (C=O) groups excluding carboxylic acids is 1. The van der Waals surface area contributed by atoms with Gasteiger partial charge in [0.05, 0.1) is 5.69 Å². The van der Waals surface area contributed by atoms with E-state index in [9.17, 15) is 4.79 Å². The van der Waals surface area contributed by atoms with E-state index >= 15 is 0 Å². The van der Waals surface area contributed by atoms with E-state index in [2.05, 4.69) is 27.9 Å². The van der Waals surface area contributed by atoms with Crippen LogP contribution in [0.15, 0.2) is 48.0 Å². The molecule has 0 saturated heterocycles. The van der Waals surface area contributed by atoms with Gasteiger partial charge in [-0.15, -0.1) is 11.3 Å². The summed E-state index contributed by atoms with van der Waals surface area (Å²) in [5, 5.41) is 4.22. The third-order valence-electron chi connectivity index (χ3n) is 4.02. The number of hydrogen-bond acceptors (Lipinski definition) is 2. The lowest BCUT2D eigenvalue weighted by Gasteiger charge is -2.07. The lowest BCUT2D eigenvalue weighted by atomic mass is 10.1. The molecule has 0 bridgehead atoms. The highest BCUT2D eigenvalue weighted by molar-refractivity contribution is 7.16. The minimum atomic E-state index is 0.0919. The van der Waals surface area contributed by atoms with Crippen LogP contribution in [0.1, 0.15) is 29.4 Å². The number of aryl methyl sites for hydroxylation is 1. The summed E-state index contributed by atoms with van der Waals surface area (Å²) >= 11 is 1.70. The molecule has 4 aromatic rings. The number of nitrogens with zero attached hydrogens (tertiary/aromatic N) is 1. The van der Waals surface area contributed by atoms with Crippen molar-refractivity contribution in [3.8, 4) is 0 Å². The van der Waals surface area contributed by atoms with E-state index < -0.39 is 0 Å². The molecule has 1 N–H and O–H groups in total. The highest BCUT2D eigenvalue weighted by atomic mass is 32.1. The number of fused-ring (bicyclic) bond motifs is 2. The average molecular weight is 308 g/mol. The zero-order valence-electron chi connectivity index (χ0n) is 12.3. The zero-order chi connectivity index (χ0) is 15.1. The third-order valence-corrected chi connectivity index (χ3v) is 4.97. The van der Waals surface area contributed by atoms with Gasteiger partial charge in [0.1, 0.15) is 4.83 Å². The average Bonchev–Trinajstić information content (AvgIpc) is 3.22. The van der Waals surface area contributed by atoms with Crippen molar-refractivity contribution in [2.75, 3.05) is 0 Å². The molecule has 0 unspecified atom stereocenters. The van der Waals surface area contributed by atoms with Gasteiger partial charge in [-0.2, -0.15) is 0 Å². The van der Waals surface area contributed by atoms with Crippen molar-refractivity contribution in [1.29, 1.82) is 0 Å². The number of nitrogens with one attached hydrogen (secondary N) is 1. The molecule has 0 amide bonds. The van der Waals surface area contributed by atoms with Crippen molar-refractivity contribution in [3.05, 3.63) is 59.2 Å². The molecule has 0 fully saturated rings. The molecule has 4 heteroatoms. The Balaban J connectivity index is 1.89. The van der Waals surface area contributed by atoms with Crippen molar-refractivity contribution in [3.63, 3.8) is 0 Å². The molecular formula is C18H16N2OS. The smallest absolute Gasteiger partial charge is 0.211 e. The molecule has 0 aliphatic rings. The number of aromatic nitrogens is 2. The Morgan fingerprint density at radius 3 is 3.00 bits per heavy atom. The predicted octanol–water partition coefficient (Wildman–Crippen LogP) is 4.83. The van der Waals surface area contributed by atoms with Gasteiger partial charge in [0.25, 0.3) is 0 Å². The number of rotatable bonds is 4. The van der Waals surface area contributed by atoms with E-state index in [-0.39, 0.29) is 5.78 Å². The van der Waals surface area contributed by atoms with Crippen LogP contribution in [0.2, 0.25) is 0 Å². The number of thiophene rings is 1. The van der Waals surface area contributed by atoms with Crippen LogP contribution >= 0.6 is 11.3 Å². The normalized spacial score (nSPS) is 11.5. The molecule has 3 nitrogen and oxygen atoms in total. The quantitative estimate of drug-likeness (QED) is 0.539. The highest BCUT2D eigenvalue weighted by Crippen LogP contribution is 2.28. The Morgan fingerprint density at radius 1 is 1.27 bits per heavy atom. The van der Waals surface area contributed by atoms with Gasteiger partial charge in [0, 0.05) is 34.6 Å². The molecule has 0 saturated carbocycles. The summed E-state index contributed by atoms with van der Waals surface area (Å²) in [4.78, 5) is 17.4. The van der Waals surface area contributed by atoms with E-state index in [1.807, 2.05) is 36.5 Å². The van der Waals surface area contributed by atoms with E-state index in [1.165, 1.54) is 4.83 Å². The lowest BCUT2D eigenvalue weighted by Crippen LogP contribution is -2.09. The van der Waals surface area contributed by atoms with Gasteiger partial charge in [-0.3, -0.25) is 4.79 Å². The Bertz CT molecular complexity index is 973. The van der Waals surface area contributed by atoms with Crippen LogP contribution < -0.4 is 0 Å². The molecule has 3 aromatic heterocycles. The second kappa shape index (κ2) is 5.14. The number of para-hydroxylation sites is 1. The standard InChI is InChI=1S/C18H16N2OS/c1-2-8-20-16(10-12-7-9-22-18(12)20)17(21)14-11-19-15-6-4-3-5-13(14)15/h3-7,9-11,19H,2,8H2,1H3. The maximum absolute atomic E-state index is 13.0. The summed E-state index contributed by atoms with van der Waals surface area (Å²) < 4.78 is 2.16. The maximum atomic E-state index is 13.0. The first-order chi connectivity index (χ1) is 10.8. The minimum absolute atomic E-state index is 0.0919. The van der Waals surface area contributed by atoms with Crippen LogP contribution in [0.5, 0.6) is 0 Å². The molecule has 0 spiro atoms. The fourth-order valence-corrected chi connectivity index (χ4v) is 3.93. The number of hydrogen-bond donors (Lipinski definition) is 1. The summed E-state index contributed by atoms with van der Waals surface area (Å²) in [6.45, 7) is 3.01. The summed E-state index contributed by atoms with van der Waals surface area (Å²) in [5.41, 5.74) is 2.54. The summed E-state index contributed by atoms with van der Waals surface area (Å²) in [5.74, 6) is 0.0919. The first-order valence-electron chi connectivity index (χ1n) is 7.47. The fourth-order valence-electron chi connectivity index (χ4n) is 3.01. The molecule has 0 aliphatic carbocycles. The summed E-state index contributed by atoms with van der Waals surface area (Å²) in [7, 11) is 0. The van der Waals surface area contributed by atoms with Crippen LogP contribution in [0.4, 0.5) is 0 Å². The second-order valence-electron chi connectivity index (χ2n) is 5.44. The van der Waals surface area contributed by atoms with Gasteiger partial charge < -0.3 is 9.55 Å². The Hall–Kier alpha value is -2.33. The number of benzene rings is 1. The molecule has 4 rings (SSSR count). The lowest BCUT2D eigenvalue weighted by molar-refractivity contribution is 0.103. The SMILES string of the molecule is CCCn1c(C(=O)c2c[nH]c3ccccc23)cc2ccsc21.